The number of rotatable bonds is 4. The molecular weight excluding hydrogens is 568 g/mol. The number of methoxy groups -OCH3 is 1. The summed E-state index contributed by atoms with van der Waals surface area (Å²) in [5.41, 5.74) is -6.07. The van der Waals surface area contributed by atoms with Crippen molar-refractivity contribution in [3.8, 4) is 5.75 Å². The Bertz CT molecular complexity index is 1680. The third-order valence-electron chi connectivity index (χ3n) is 10.1. The number of carbonyl (C=O) groups excluding carboxylic acids is 6. The van der Waals surface area contributed by atoms with Gasteiger partial charge in [-0.25, -0.2) is 4.79 Å². The summed E-state index contributed by atoms with van der Waals surface area (Å²) < 4.78 is 4.76. The molecule has 0 aromatic heterocycles. The number of phenols is 1. The van der Waals surface area contributed by atoms with Gasteiger partial charge in [0.05, 0.1) is 30.3 Å². The number of aliphatic hydroxyl groups excluding tert-OH is 1. The molecule has 5 rings (SSSR count). The van der Waals surface area contributed by atoms with Crippen LogP contribution in [0.15, 0.2) is 42.5 Å². The van der Waals surface area contributed by atoms with Gasteiger partial charge in [0.2, 0.25) is 0 Å². The highest BCUT2D eigenvalue weighted by Crippen LogP contribution is 2.66. The minimum atomic E-state index is -3.07. The highest BCUT2D eigenvalue weighted by Gasteiger charge is 2.80. The van der Waals surface area contributed by atoms with Gasteiger partial charge < -0.3 is 20.1 Å². The van der Waals surface area contributed by atoms with Crippen molar-refractivity contribution >= 4 is 46.5 Å². The highest BCUT2D eigenvalue weighted by atomic mass is 16.5. The van der Waals surface area contributed by atoms with Crippen molar-refractivity contribution in [1.82, 2.24) is 0 Å². The molecule has 3 N–H and O–H groups in total. The van der Waals surface area contributed by atoms with Crippen molar-refractivity contribution in [2.75, 3.05) is 7.11 Å². The molecule has 3 aliphatic rings. The predicted octanol–water partition coefficient (Wildman–Crippen LogP) is 2.85. The number of fused-ring (bicyclic) bond motifs is 3. The Kier molecular flexibility index (Phi) is 7.18. The van der Waals surface area contributed by atoms with E-state index in [2.05, 4.69) is 0 Å². The molecule has 7 atom stereocenters. The summed E-state index contributed by atoms with van der Waals surface area (Å²) >= 11 is 0. The number of Topliss-reactive ketones (excluding diaryl/α,β-unsaturated/α-hetero) is 5. The van der Waals surface area contributed by atoms with Gasteiger partial charge in [0.1, 0.15) is 17.5 Å². The maximum absolute atomic E-state index is 14.6. The van der Waals surface area contributed by atoms with E-state index < -0.39 is 86.8 Å². The quantitative estimate of drug-likeness (QED) is 0.349. The largest absolute Gasteiger partial charge is 0.507 e. The maximum atomic E-state index is 14.6. The van der Waals surface area contributed by atoms with Gasteiger partial charge in [0.25, 0.3) is 0 Å². The summed E-state index contributed by atoms with van der Waals surface area (Å²) in [6.45, 7) is 7.04. The number of aliphatic hydroxyl groups is 2. The van der Waals surface area contributed by atoms with Crippen LogP contribution in [-0.2, 0) is 23.9 Å². The van der Waals surface area contributed by atoms with Gasteiger partial charge in [-0.05, 0) is 47.7 Å². The Labute approximate surface area is 253 Å². The average Bonchev–Trinajstić information content (AvgIpc) is 2.96. The Morgan fingerprint density at radius 2 is 1.59 bits per heavy atom. The smallest absolute Gasteiger partial charge is 0.337 e. The summed E-state index contributed by atoms with van der Waals surface area (Å²) in [5.74, 6) is -12.0. The van der Waals surface area contributed by atoms with Crippen molar-refractivity contribution in [3.05, 3.63) is 64.7 Å². The molecular formula is C34H34O10. The van der Waals surface area contributed by atoms with Crippen LogP contribution in [0.2, 0.25) is 0 Å². The van der Waals surface area contributed by atoms with Crippen molar-refractivity contribution in [2.24, 2.45) is 34.5 Å². The fraction of sp³-hybridized carbons (Fsp3) is 0.412. The van der Waals surface area contributed by atoms with Gasteiger partial charge in [0, 0.05) is 16.7 Å². The topological polar surface area (TPSA) is 172 Å². The van der Waals surface area contributed by atoms with Gasteiger partial charge in [-0.15, -0.1) is 0 Å². The molecule has 0 spiro atoms. The lowest BCUT2D eigenvalue weighted by Gasteiger charge is -2.64. The number of phenolic OH excluding ortho intramolecular Hbond substituents is 1. The molecule has 0 heterocycles. The second-order valence-electron chi connectivity index (χ2n) is 12.7. The van der Waals surface area contributed by atoms with Crippen LogP contribution in [-0.4, -0.2) is 69.0 Å². The van der Waals surface area contributed by atoms with E-state index in [1.807, 2.05) is 0 Å². The Balaban J connectivity index is 1.85. The average molecular weight is 603 g/mol. The molecule has 3 unspecified atom stereocenters. The van der Waals surface area contributed by atoms with E-state index in [-0.39, 0.29) is 22.3 Å². The number of ether oxygens (including phenoxy) is 1. The molecule has 2 saturated carbocycles. The number of hydrogen-bond donors (Lipinski definition) is 3. The first kappa shape index (κ1) is 31.2. The van der Waals surface area contributed by atoms with E-state index >= 15 is 0 Å². The van der Waals surface area contributed by atoms with Gasteiger partial charge in [-0.3, -0.25) is 24.0 Å². The lowest BCUT2D eigenvalue weighted by Crippen LogP contribution is -2.81. The second kappa shape index (κ2) is 10.1. The van der Waals surface area contributed by atoms with E-state index in [9.17, 15) is 44.1 Å². The van der Waals surface area contributed by atoms with Crippen LogP contribution >= 0.6 is 0 Å². The molecule has 2 aromatic carbocycles. The molecule has 0 aliphatic heterocycles. The molecule has 0 saturated heterocycles. The molecule has 10 heteroatoms. The molecule has 10 nitrogen and oxygen atoms in total. The van der Waals surface area contributed by atoms with E-state index in [1.165, 1.54) is 45.2 Å². The van der Waals surface area contributed by atoms with Crippen molar-refractivity contribution in [1.29, 1.82) is 0 Å². The van der Waals surface area contributed by atoms with Gasteiger partial charge in [0.15, 0.2) is 28.7 Å². The van der Waals surface area contributed by atoms with Crippen LogP contribution in [0.5, 0.6) is 5.75 Å². The van der Waals surface area contributed by atoms with Crippen LogP contribution in [0.4, 0.5) is 0 Å². The molecule has 0 radical (unpaired) electrons. The lowest BCUT2D eigenvalue weighted by molar-refractivity contribution is -0.230. The molecule has 44 heavy (non-hydrogen) atoms. The van der Waals surface area contributed by atoms with Gasteiger partial charge >= 0.3 is 5.97 Å². The maximum Gasteiger partial charge on any atom is 0.337 e. The summed E-state index contributed by atoms with van der Waals surface area (Å²) in [5, 5.41) is 35.5. The summed E-state index contributed by atoms with van der Waals surface area (Å²) in [6.07, 6.45) is -0.256. The van der Waals surface area contributed by atoms with Crippen molar-refractivity contribution in [2.45, 2.75) is 46.3 Å². The molecule has 2 aromatic rings. The second-order valence-corrected chi connectivity index (χ2v) is 12.7. The normalized spacial score (nSPS) is 34.0. The highest BCUT2D eigenvalue weighted by molar-refractivity contribution is 6.34. The fourth-order valence-electron chi connectivity index (χ4n) is 8.11. The third-order valence-corrected chi connectivity index (χ3v) is 10.1. The van der Waals surface area contributed by atoms with Crippen LogP contribution < -0.4 is 0 Å². The van der Waals surface area contributed by atoms with Gasteiger partial charge in [-0.2, -0.15) is 0 Å². The minimum Gasteiger partial charge on any atom is -0.507 e. The fourth-order valence-corrected chi connectivity index (χ4v) is 8.11. The van der Waals surface area contributed by atoms with Crippen molar-refractivity contribution < 1.29 is 48.8 Å². The first-order valence-corrected chi connectivity index (χ1v) is 14.3. The third kappa shape index (κ3) is 3.73. The summed E-state index contributed by atoms with van der Waals surface area (Å²) in [7, 11) is 1.24. The molecule has 3 aliphatic carbocycles. The molecule has 2 fully saturated rings. The van der Waals surface area contributed by atoms with E-state index in [0.717, 1.165) is 6.92 Å². The molecule has 230 valence electrons. The first-order valence-electron chi connectivity index (χ1n) is 14.3. The van der Waals surface area contributed by atoms with E-state index in [1.54, 1.807) is 38.1 Å². The summed E-state index contributed by atoms with van der Waals surface area (Å²) in [4.78, 5) is 81.1. The number of aromatic hydroxyl groups is 1. The van der Waals surface area contributed by atoms with E-state index in [4.69, 9.17) is 4.74 Å². The Hall–Kier alpha value is -4.28. The Morgan fingerprint density at radius 3 is 2.14 bits per heavy atom. The Morgan fingerprint density at radius 1 is 0.977 bits per heavy atom. The molecule has 0 bridgehead atoms. The zero-order valence-corrected chi connectivity index (χ0v) is 25.2. The van der Waals surface area contributed by atoms with Crippen LogP contribution in [0.1, 0.15) is 66.5 Å². The number of ketones is 5. The van der Waals surface area contributed by atoms with Crippen molar-refractivity contribution in [3.63, 3.8) is 0 Å². The number of benzene rings is 2. The zero-order chi connectivity index (χ0) is 32.7. The predicted molar refractivity (Wildman–Crippen MR) is 156 cm³/mol. The van der Waals surface area contributed by atoms with Crippen LogP contribution in [0, 0.1) is 34.5 Å². The summed E-state index contributed by atoms with van der Waals surface area (Å²) in [6, 6.07) is 10.5. The van der Waals surface area contributed by atoms with Gasteiger partial charge in [-0.1, -0.05) is 58.0 Å². The number of hydrogen-bond acceptors (Lipinski definition) is 10. The SMILES string of the molecule is COC(=O)c1ccc(/C=C2\c3cccc(O)c3C(=O)C3C(=O)[C@@]4(O)C(=O)C(C(C)=O)C(=O)C(C(C)C)[C@@]4(C)[C@H](O)[C@@]23C)cc1. The minimum absolute atomic E-state index is 0.211. The monoisotopic (exact) mass is 602 g/mol. The first-order chi connectivity index (χ1) is 20.5. The number of carbonyl (C=O) groups is 6. The standard InChI is InChI=1S/C34H34O10/c1-15(2)24-26(37)22(16(3)35)28(39)34(43)29(40)25-27(38)23-19(8-7-9-21(23)36)20(32(25,4)31(42)33(24,34)5)14-17-10-12-18(13-11-17)30(41)44-6/h7-15,22,24-25,31,36,42-43H,1-6H3/b20-14+/t22?,24?,25?,31-,32+,33+,34+/m1/s1. The molecule has 0 amide bonds. The van der Waals surface area contributed by atoms with Crippen LogP contribution in [0.3, 0.4) is 0 Å². The van der Waals surface area contributed by atoms with Crippen LogP contribution in [0.25, 0.3) is 11.6 Å². The van der Waals surface area contributed by atoms with E-state index in [0.29, 0.717) is 5.56 Å². The zero-order valence-electron chi connectivity index (χ0n) is 25.2. The lowest BCUT2D eigenvalue weighted by atomic mass is 9.38. The number of esters is 1.